The maximum Gasteiger partial charge on any atom is 0.187 e. The summed E-state index contributed by atoms with van der Waals surface area (Å²) in [6.45, 7) is 11.9. The van der Waals surface area contributed by atoms with E-state index in [1.165, 1.54) is 12.5 Å². The van der Waals surface area contributed by atoms with Crippen LogP contribution in [0.2, 0.25) is 0 Å². The highest BCUT2D eigenvalue weighted by Crippen LogP contribution is 2.75. The van der Waals surface area contributed by atoms with Crippen LogP contribution in [0.3, 0.4) is 0 Å². The minimum absolute atomic E-state index is 0.102. The molecular formula is C54H88O23. The fourth-order valence-corrected chi connectivity index (χ4v) is 16.0. The van der Waals surface area contributed by atoms with E-state index in [0.29, 0.717) is 38.5 Å². The fraction of sp³-hybridized carbons (Fsp3) is 0.926. The zero-order valence-electron chi connectivity index (χ0n) is 45.2. The van der Waals surface area contributed by atoms with Crippen LogP contribution in [0.25, 0.3) is 0 Å². The maximum absolute atomic E-state index is 11.8. The third kappa shape index (κ3) is 9.66. The summed E-state index contributed by atoms with van der Waals surface area (Å²) in [6.07, 6.45) is -24.9. The molecule has 4 aliphatic heterocycles. The summed E-state index contributed by atoms with van der Waals surface area (Å²) in [5, 5.41) is 163. The Labute approximate surface area is 448 Å². The Kier molecular flexibility index (Phi) is 17.2. The smallest absolute Gasteiger partial charge is 0.187 e. The highest BCUT2D eigenvalue weighted by molar-refractivity contribution is 5.46. The zero-order valence-corrected chi connectivity index (χ0v) is 45.2. The molecule has 77 heavy (non-hydrogen) atoms. The van der Waals surface area contributed by atoms with Gasteiger partial charge in [0.25, 0.3) is 0 Å². The van der Waals surface area contributed by atoms with E-state index in [-0.39, 0.29) is 30.5 Å². The highest BCUT2D eigenvalue weighted by atomic mass is 16.8. The number of hydrogen-bond acceptors (Lipinski definition) is 23. The van der Waals surface area contributed by atoms with Gasteiger partial charge in [-0.1, -0.05) is 64.8 Å². The Morgan fingerprint density at radius 1 is 0.481 bits per heavy atom. The second kappa shape index (κ2) is 22.0. The second-order valence-corrected chi connectivity index (χ2v) is 25.8. The summed E-state index contributed by atoms with van der Waals surface area (Å²) in [5.41, 5.74) is -1.29. The Hall–Kier alpha value is -1.44. The van der Waals surface area contributed by atoms with E-state index in [4.69, 9.17) is 37.9 Å². The van der Waals surface area contributed by atoms with Crippen LogP contribution in [0.15, 0.2) is 23.3 Å². The molecule has 4 saturated heterocycles. The van der Waals surface area contributed by atoms with Crippen LogP contribution in [0.4, 0.5) is 0 Å². The first-order valence-corrected chi connectivity index (χ1v) is 27.7. The molecule has 29 unspecified atom stereocenters. The normalized spacial score (nSPS) is 54.7. The predicted molar refractivity (Wildman–Crippen MR) is 264 cm³/mol. The molecule has 442 valence electrons. The average Bonchev–Trinajstić information content (AvgIpc) is 3.59. The van der Waals surface area contributed by atoms with Crippen molar-refractivity contribution in [3.8, 4) is 0 Å². The van der Waals surface area contributed by atoms with Crippen molar-refractivity contribution in [3.63, 3.8) is 0 Å². The first-order valence-electron chi connectivity index (χ1n) is 27.7. The van der Waals surface area contributed by atoms with Crippen molar-refractivity contribution in [2.75, 3.05) is 33.0 Å². The van der Waals surface area contributed by atoms with Gasteiger partial charge < -0.3 is 114 Å². The van der Waals surface area contributed by atoms with Crippen molar-refractivity contribution in [1.82, 2.24) is 0 Å². The van der Waals surface area contributed by atoms with Gasteiger partial charge in [-0.2, -0.15) is 0 Å². The molecule has 0 spiro atoms. The third-order valence-corrected chi connectivity index (χ3v) is 21.1. The molecule has 0 bridgehead atoms. The first-order chi connectivity index (χ1) is 36.1. The Balaban J connectivity index is 1.04. The number of fused-ring (bicyclic) bond motifs is 7. The van der Waals surface area contributed by atoms with E-state index in [1.807, 2.05) is 6.92 Å². The summed E-state index contributed by atoms with van der Waals surface area (Å²) in [4.78, 5) is 0. The van der Waals surface area contributed by atoms with E-state index < -0.39 is 182 Å². The molecule has 0 radical (unpaired) electrons. The van der Waals surface area contributed by atoms with Crippen LogP contribution in [0.5, 0.6) is 0 Å². The lowest BCUT2D eigenvalue weighted by Gasteiger charge is -2.70. The summed E-state index contributed by atoms with van der Waals surface area (Å²) in [6, 6.07) is 0. The van der Waals surface area contributed by atoms with E-state index in [1.54, 1.807) is 0 Å². The molecule has 5 aliphatic carbocycles. The lowest BCUT2D eigenvalue weighted by Crippen LogP contribution is -2.68. The number of hydrogen-bond donors (Lipinski definition) is 15. The lowest BCUT2D eigenvalue weighted by molar-refractivity contribution is -0.397. The van der Waals surface area contributed by atoms with Crippen molar-refractivity contribution in [3.05, 3.63) is 23.3 Å². The number of aliphatic hydroxyl groups excluding tert-OH is 15. The minimum Gasteiger partial charge on any atom is -0.396 e. The summed E-state index contributed by atoms with van der Waals surface area (Å²) in [5.74, 6) is -0.413. The van der Waals surface area contributed by atoms with Gasteiger partial charge in [0, 0.05) is 16.2 Å². The van der Waals surface area contributed by atoms with Gasteiger partial charge in [-0.05, 0) is 86.4 Å². The molecule has 9 aliphatic rings. The van der Waals surface area contributed by atoms with Crippen LogP contribution < -0.4 is 0 Å². The quantitative estimate of drug-likeness (QED) is 0.0836. The Morgan fingerprint density at radius 2 is 0.987 bits per heavy atom. The minimum atomic E-state index is -1.93. The molecule has 23 nitrogen and oxygen atoms in total. The van der Waals surface area contributed by atoms with Crippen molar-refractivity contribution in [1.29, 1.82) is 0 Å². The van der Waals surface area contributed by atoms with Crippen molar-refractivity contribution in [2.45, 2.75) is 235 Å². The van der Waals surface area contributed by atoms with Crippen molar-refractivity contribution in [2.24, 2.45) is 44.3 Å². The average molecular weight is 1110 g/mol. The molecule has 0 aromatic rings. The summed E-state index contributed by atoms with van der Waals surface area (Å²) >= 11 is 0. The van der Waals surface area contributed by atoms with Gasteiger partial charge in [0.05, 0.1) is 51.3 Å². The molecule has 0 aromatic carbocycles. The molecule has 4 saturated carbocycles. The van der Waals surface area contributed by atoms with E-state index in [0.717, 1.165) is 18.4 Å². The van der Waals surface area contributed by atoms with Crippen LogP contribution in [0, 0.1) is 44.3 Å². The Bertz CT molecular complexity index is 2130. The standard InChI is InChI=1S/C54H88O23/c1-23-33(60)43(76-46-41(68)38(65)35(62)27(19-56)72-46)44(77-47-42(69)39(66)36(63)28(20-57)73-47)48(70-23)74-31-11-12-50(4)29(51(31,5)21-58)10-13-52(6)30(50)9-8-24-25-16-49(2,3)14-15-54(25,22-59)32(17-53(24,52)7)75-45-40(67)37(64)34(61)26(18-55)71-45/h8-9,23,25-29,31-48,55-69H,10-22H2,1-7H3. The molecule has 15 N–H and O–H groups in total. The molecule has 0 aromatic heterocycles. The highest BCUT2D eigenvalue weighted by Gasteiger charge is 2.70. The van der Waals surface area contributed by atoms with Crippen LogP contribution in [-0.2, 0) is 37.9 Å². The topological polar surface area (TPSA) is 377 Å². The number of ether oxygens (including phenoxy) is 8. The molecule has 9 rings (SSSR count). The molecule has 8 fully saturated rings. The van der Waals surface area contributed by atoms with Crippen LogP contribution >= 0.6 is 0 Å². The van der Waals surface area contributed by atoms with Crippen LogP contribution in [0.1, 0.15) is 99.8 Å². The molecule has 4 heterocycles. The summed E-state index contributed by atoms with van der Waals surface area (Å²) < 4.78 is 50.1. The number of aliphatic hydroxyl groups is 15. The summed E-state index contributed by atoms with van der Waals surface area (Å²) in [7, 11) is 0. The van der Waals surface area contributed by atoms with Gasteiger partial charge in [0.1, 0.15) is 91.6 Å². The van der Waals surface area contributed by atoms with E-state index in [2.05, 4.69) is 46.8 Å². The number of allylic oxidation sites excluding steroid dienone is 4. The van der Waals surface area contributed by atoms with Gasteiger partial charge in [0.2, 0.25) is 0 Å². The molecular weight excluding hydrogens is 1020 g/mol. The SMILES string of the molecule is CC1OC(OC2CCC3(C)C4=CC=C5C6CC(C)(C)CCC6(CO)C(OC6OC(CO)C(O)C(O)C6O)CC5(C)C4(C)CCC3C2(C)CO)C(OC2OC(CO)C(O)C(O)C2O)C(OC2OC(CO)C(O)C(O)C2O)C1O. The lowest BCUT2D eigenvalue weighted by atomic mass is 9.35. The maximum atomic E-state index is 11.8. The van der Waals surface area contributed by atoms with E-state index in [9.17, 15) is 76.6 Å². The number of rotatable bonds is 13. The largest absolute Gasteiger partial charge is 0.396 e. The van der Waals surface area contributed by atoms with Crippen LogP contribution in [-0.4, -0.2) is 245 Å². The van der Waals surface area contributed by atoms with Crippen molar-refractivity contribution < 1.29 is 114 Å². The molecule has 0 amide bonds. The van der Waals surface area contributed by atoms with Gasteiger partial charge in [0.15, 0.2) is 25.2 Å². The van der Waals surface area contributed by atoms with Gasteiger partial charge in [-0.3, -0.25) is 0 Å². The van der Waals surface area contributed by atoms with Gasteiger partial charge >= 0.3 is 0 Å². The molecule has 23 heteroatoms. The first kappa shape index (κ1) is 60.2. The van der Waals surface area contributed by atoms with E-state index >= 15 is 0 Å². The van der Waals surface area contributed by atoms with Gasteiger partial charge in [-0.15, -0.1) is 0 Å². The second-order valence-electron chi connectivity index (χ2n) is 25.8. The molecule has 29 atom stereocenters. The fourth-order valence-electron chi connectivity index (χ4n) is 16.0. The third-order valence-electron chi connectivity index (χ3n) is 21.1. The van der Waals surface area contributed by atoms with Gasteiger partial charge in [-0.25, -0.2) is 0 Å². The monoisotopic (exact) mass is 1100 g/mol. The predicted octanol–water partition coefficient (Wildman–Crippen LogP) is -2.67. The Morgan fingerprint density at radius 3 is 1.49 bits per heavy atom. The van der Waals surface area contributed by atoms with Crippen molar-refractivity contribution >= 4 is 0 Å². The zero-order chi connectivity index (χ0) is 56.3.